The Morgan fingerprint density at radius 2 is 1.75 bits per heavy atom. The topological polar surface area (TPSA) is 121 Å². The summed E-state index contributed by atoms with van der Waals surface area (Å²) < 4.78 is 13.1. The Hall–Kier alpha value is -3.28. The molecule has 0 saturated carbocycles. The number of nitro benzene ring substituents is 1. The lowest BCUT2D eigenvalue weighted by atomic mass is 10.2. The monoisotopic (exact) mass is 500 g/mol. The number of nitro groups is 1. The van der Waals surface area contributed by atoms with Crippen LogP contribution in [0.25, 0.3) is 0 Å². The van der Waals surface area contributed by atoms with Crippen molar-refractivity contribution in [3.05, 3.63) is 67.9 Å². The Kier molecular flexibility index (Phi) is 8.47. The van der Waals surface area contributed by atoms with Gasteiger partial charge in [0.25, 0.3) is 5.69 Å². The van der Waals surface area contributed by atoms with Gasteiger partial charge in [-0.15, -0.1) is 12.4 Å². The third-order valence-corrected chi connectivity index (χ3v) is 4.51. The molecule has 3 rings (SSSR count). The van der Waals surface area contributed by atoms with Crippen LogP contribution < -0.4 is 15.6 Å². The molecule has 0 fully saturated rings. The molecule has 0 bridgehead atoms. The van der Waals surface area contributed by atoms with Crippen molar-refractivity contribution in [2.45, 2.75) is 0 Å². The fraction of sp³-hybridized carbons (Fsp3) is 0.111. The van der Waals surface area contributed by atoms with Crippen molar-refractivity contribution in [3.63, 3.8) is 0 Å². The third kappa shape index (κ3) is 6.13. The van der Waals surface area contributed by atoms with E-state index < -0.39 is 4.92 Å². The Morgan fingerprint density at radius 1 is 1.09 bits per heavy atom. The summed E-state index contributed by atoms with van der Waals surface area (Å²) in [6.45, 7) is 0. The molecule has 10 nitrogen and oxygen atoms in total. The molecular formula is C18H16Cl3FN8O2. The molecule has 1 heterocycles. The molecule has 0 radical (unpaired) electrons. The SMILES string of the molecule is CN(C)c1nc(N/N=C\c2c(Cl)ccc([N+](=O)[O-])c2Cl)nc(Nc2ccc(F)cc2)n1.Cl. The maximum Gasteiger partial charge on any atom is 0.288 e. The second kappa shape index (κ2) is 10.8. The zero-order valence-electron chi connectivity index (χ0n) is 16.6. The number of rotatable bonds is 7. The Labute approximate surface area is 198 Å². The molecule has 2 N–H and O–H groups in total. The van der Waals surface area contributed by atoms with E-state index in [1.807, 2.05) is 0 Å². The average Bonchev–Trinajstić information content (AvgIpc) is 2.71. The van der Waals surface area contributed by atoms with E-state index in [2.05, 4.69) is 30.8 Å². The zero-order chi connectivity index (χ0) is 22.5. The van der Waals surface area contributed by atoms with Crippen molar-refractivity contribution in [2.75, 3.05) is 29.7 Å². The Bertz CT molecular complexity index is 1150. The molecule has 0 unspecified atom stereocenters. The van der Waals surface area contributed by atoms with Gasteiger partial charge in [0.15, 0.2) is 0 Å². The van der Waals surface area contributed by atoms with Gasteiger partial charge in [-0.1, -0.05) is 23.2 Å². The van der Waals surface area contributed by atoms with E-state index in [9.17, 15) is 14.5 Å². The smallest absolute Gasteiger partial charge is 0.288 e. The minimum Gasteiger partial charge on any atom is -0.347 e. The maximum absolute atomic E-state index is 13.1. The number of hydrogen-bond acceptors (Lipinski definition) is 9. The summed E-state index contributed by atoms with van der Waals surface area (Å²) in [6.07, 6.45) is 1.23. The first-order chi connectivity index (χ1) is 14.7. The normalized spacial score (nSPS) is 10.5. The van der Waals surface area contributed by atoms with Crippen LogP contribution in [0, 0.1) is 15.9 Å². The van der Waals surface area contributed by atoms with Crippen LogP contribution in [0.3, 0.4) is 0 Å². The number of nitrogens with zero attached hydrogens (tertiary/aromatic N) is 6. The fourth-order valence-corrected chi connectivity index (χ4v) is 2.84. The van der Waals surface area contributed by atoms with Gasteiger partial charge in [-0.2, -0.15) is 20.1 Å². The van der Waals surface area contributed by atoms with E-state index >= 15 is 0 Å². The molecule has 2 aromatic carbocycles. The van der Waals surface area contributed by atoms with Crippen LogP contribution in [0.1, 0.15) is 5.56 Å². The standard InChI is InChI=1S/C18H15Cl2FN8O2.ClH/c1-28(2)18-25-16(23-11-5-3-10(21)4-6-11)24-17(26-18)27-22-9-12-13(19)7-8-14(15(12)20)29(30)31;/h3-9H,1-2H3,(H2,23,24,25,26,27);1H/b22-9-;. The van der Waals surface area contributed by atoms with Gasteiger partial charge in [-0.05, 0) is 30.3 Å². The van der Waals surface area contributed by atoms with Crippen molar-refractivity contribution >= 4 is 71.0 Å². The van der Waals surface area contributed by atoms with Gasteiger partial charge in [0.05, 0.1) is 16.2 Å². The van der Waals surface area contributed by atoms with Crippen LogP contribution >= 0.6 is 35.6 Å². The van der Waals surface area contributed by atoms with E-state index in [-0.39, 0.29) is 51.4 Å². The van der Waals surface area contributed by atoms with Gasteiger partial charge in [-0.25, -0.2) is 9.82 Å². The summed E-state index contributed by atoms with van der Waals surface area (Å²) in [5, 5.41) is 18.0. The van der Waals surface area contributed by atoms with E-state index in [1.165, 1.54) is 42.6 Å². The molecule has 0 saturated heterocycles. The first-order valence-corrected chi connectivity index (χ1v) is 9.37. The molecule has 0 spiro atoms. The molecule has 0 aliphatic rings. The van der Waals surface area contributed by atoms with Gasteiger partial charge >= 0.3 is 0 Å². The summed E-state index contributed by atoms with van der Waals surface area (Å²) in [5.41, 5.74) is 3.06. The highest BCUT2D eigenvalue weighted by Gasteiger charge is 2.17. The van der Waals surface area contributed by atoms with Crippen molar-refractivity contribution in [2.24, 2.45) is 5.10 Å². The summed E-state index contributed by atoms with van der Waals surface area (Å²) in [6, 6.07) is 8.22. The van der Waals surface area contributed by atoms with Crippen LogP contribution in [0.2, 0.25) is 10.0 Å². The third-order valence-electron chi connectivity index (χ3n) is 3.79. The molecule has 0 aliphatic carbocycles. The predicted molar refractivity (Wildman–Crippen MR) is 125 cm³/mol. The minimum atomic E-state index is -0.619. The zero-order valence-corrected chi connectivity index (χ0v) is 18.9. The lowest BCUT2D eigenvalue weighted by Gasteiger charge is -2.13. The van der Waals surface area contributed by atoms with E-state index in [0.29, 0.717) is 11.6 Å². The summed E-state index contributed by atoms with van der Waals surface area (Å²) >= 11 is 12.1. The minimum absolute atomic E-state index is 0. The largest absolute Gasteiger partial charge is 0.347 e. The summed E-state index contributed by atoms with van der Waals surface area (Å²) in [5.74, 6) is 0.223. The van der Waals surface area contributed by atoms with Crippen LogP contribution in [0.4, 0.5) is 33.6 Å². The Morgan fingerprint density at radius 3 is 2.38 bits per heavy atom. The first-order valence-electron chi connectivity index (χ1n) is 8.62. The van der Waals surface area contributed by atoms with E-state index in [4.69, 9.17) is 23.2 Å². The molecule has 14 heteroatoms. The van der Waals surface area contributed by atoms with Crippen LogP contribution in [-0.4, -0.2) is 40.2 Å². The highest BCUT2D eigenvalue weighted by atomic mass is 35.5. The fourth-order valence-electron chi connectivity index (χ4n) is 2.30. The van der Waals surface area contributed by atoms with Crippen LogP contribution in [0.5, 0.6) is 0 Å². The average molecular weight is 502 g/mol. The Balaban J connectivity index is 0.00000363. The number of hydrazone groups is 1. The maximum atomic E-state index is 13.1. The van der Waals surface area contributed by atoms with Crippen LogP contribution in [-0.2, 0) is 0 Å². The van der Waals surface area contributed by atoms with Gasteiger partial charge in [-0.3, -0.25) is 10.1 Å². The van der Waals surface area contributed by atoms with E-state index in [0.717, 1.165) is 0 Å². The number of aromatic nitrogens is 3. The molecule has 0 amide bonds. The van der Waals surface area contributed by atoms with E-state index in [1.54, 1.807) is 19.0 Å². The van der Waals surface area contributed by atoms with Gasteiger partial charge < -0.3 is 10.2 Å². The molecule has 0 aliphatic heterocycles. The predicted octanol–water partition coefficient (Wildman–Crippen LogP) is 4.90. The van der Waals surface area contributed by atoms with Crippen LogP contribution in [0.15, 0.2) is 41.5 Å². The number of benzene rings is 2. The lowest BCUT2D eigenvalue weighted by Crippen LogP contribution is -2.15. The van der Waals surface area contributed by atoms with Crippen molar-refractivity contribution in [3.8, 4) is 0 Å². The lowest BCUT2D eigenvalue weighted by molar-refractivity contribution is -0.384. The number of anilines is 4. The first kappa shape index (κ1) is 25.0. The second-order valence-electron chi connectivity index (χ2n) is 6.23. The molecule has 32 heavy (non-hydrogen) atoms. The van der Waals surface area contributed by atoms with Crippen molar-refractivity contribution in [1.29, 1.82) is 0 Å². The number of halogens is 4. The summed E-state index contributed by atoms with van der Waals surface area (Å²) in [4.78, 5) is 24.8. The quantitative estimate of drug-likeness (QED) is 0.266. The molecule has 3 aromatic rings. The highest BCUT2D eigenvalue weighted by Crippen LogP contribution is 2.31. The summed E-state index contributed by atoms with van der Waals surface area (Å²) in [7, 11) is 3.49. The van der Waals surface area contributed by atoms with Gasteiger partial charge in [0.1, 0.15) is 10.8 Å². The molecule has 1 aromatic heterocycles. The van der Waals surface area contributed by atoms with Crippen molar-refractivity contribution in [1.82, 2.24) is 15.0 Å². The second-order valence-corrected chi connectivity index (χ2v) is 7.02. The van der Waals surface area contributed by atoms with Gasteiger partial charge in [0.2, 0.25) is 17.8 Å². The molecule has 0 atom stereocenters. The molecular weight excluding hydrogens is 486 g/mol. The van der Waals surface area contributed by atoms with Crippen molar-refractivity contribution < 1.29 is 9.31 Å². The number of nitrogens with one attached hydrogen (secondary N) is 2. The highest BCUT2D eigenvalue weighted by molar-refractivity contribution is 6.40. The molecule has 168 valence electrons. The number of hydrogen-bond donors (Lipinski definition) is 2. The van der Waals surface area contributed by atoms with Gasteiger partial charge in [0, 0.05) is 31.4 Å².